The number of hydrogen-bond donors (Lipinski definition) is 3. The zero-order valence-electron chi connectivity index (χ0n) is 17.5. The topological polar surface area (TPSA) is 86.4 Å². The molecular formula is C23H29N5O2. The number of nitrogens with one attached hydrogen (secondary N) is 3. The Hall–Kier alpha value is -2.77. The summed E-state index contributed by atoms with van der Waals surface area (Å²) in [5, 5.41) is 3.07. The second-order valence-corrected chi connectivity index (χ2v) is 8.22. The van der Waals surface area contributed by atoms with Gasteiger partial charge in [-0.05, 0) is 62.4 Å². The number of hydrogen-bond acceptors (Lipinski definition) is 5. The summed E-state index contributed by atoms with van der Waals surface area (Å²) in [4.78, 5) is 31.9. The van der Waals surface area contributed by atoms with Crippen LogP contribution in [0.2, 0.25) is 0 Å². The van der Waals surface area contributed by atoms with E-state index in [0.717, 1.165) is 22.5 Å². The van der Waals surface area contributed by atoms with E-state index in [2.05, 4.69) is 21.2 Å². The summed E-state index contributed by atoms with van der Waals surface area (Å²) in [7, 11) is 0. The molecule has 7 nitrogen and oxygen atoms in total. The van der Waals surface area contributed by atoms with Crippen LogP contribution in [0.1, 0.15) is 42.1 Å². The summed E-state index contributed by atoms with van der Waals surface area (Å²) >= 11 is 0. The van der Waals surface area contributed by atoms with Gasteiger partial charge in [-0.1, -0.05) is 18.2 Å². The lowest BCUT2D eigenvalue weighted by Crippen LogP contribution is -2.49. The van der Waals surface area contributed by atoms with E-state index in [-0.39, 0.29) is 29.8 Å². The summed E-state index contributed by atoms with van der Waals surface area (Å²) in [6.45, 7) is 5.28. The van der Waals surface area contributed by atoms with Crippen LogP contribution in [0, 0.1) is 19.8 Å². The number of carbonyl (C=O) groups is 2. The van der Waals surface area contributed by atoms with Gasteiger partial charge in [0.15, 0.2) is 0 Å². The highest BCUT2D eigenvalue weighted by Crippen LogP contribution is 2.25. The molecule has 2 amide bonds. The molecule has 158 valence electrons. The molecule has 2 aliphatic rings. The number of rotatable bonds is 4. The van der Waals surface area contributed by atoms with Crippen LogP contribution in [-0.4, -0.2) is 40.8 Å². The molecule has 2 atom stereocenters. The maximum Gasteiger partial charge on any atom is 0.241 e. The maximum absolute atomic E-state index is 12.9. The number of anilines is 1. The average Bonchev–Trinajstić information content (AvgIpc) is 3.27. The van der Waals surface area contributed by atoms with Gasteiger partial charge in [-0.15, -0.1) is 0 Å². The predicted octanol–water partition coefficient (Wildman–Crippen LogP) is 2.48. The number of aromatic nitrogens is 1. The van der Waals surface area contributed by atoms with Crippen molar-refractivity contribution in [3.63, 3.8) is 0 Å². The number of amides is 2. The second-order valence-electron chi connectivity index (χ2n) is 8.22. The molecular weight excluding hydrogens is 378 g/mol. The number of hydrazine groups is 1. The Bertz CT molecular complexity index is 909. The Morgan fingerprint density at radius 3 is 2.60 bits per heavy atom. The molecule has 2 unspecified atom stereocenters. The van der Waals surface area contributed by atoms with Gasteiger partial charge in [0, 0.05) is 30.9 Å². The number of likely N-dealkylation sites (tertiary alicyclic amines) is 1. The molecule has 1 aromatic heterocycles. The van der Waals surface area contributed by atoms with Crippen molar-refractivity contribution in [1.29, 1.82) is 0 Å². The zero-order valence-corrected chi connectivity index (χ0v) is 17.5. The Morgan fingerprint density at radius 2 is 1.87 bits per heavy atom. The number of pyridine rings is 1. The van der Waals surface area contributed by atoms with Crippen molar-refractivity contribution in [2.45, 2.75) is 45.2 Å². The van der Waals surface area contributed by atoms with Gasteiger partial charge in [0.25, 0.3) is 0 Å². The van der Waals surface area contributed by atoms with Crippen LogP contribution in [0.5, 0.6) is 0 Å². The number of aryl methyl sites for hydroxylation is 1. The van der Waals surface area contributed by atoms with Crippen molar-refractivity contribution >= 4 is 17.5 Å². The summed E-state index contributed by atoms with van der Waals surface area (Å²) in [5.74, 6) is 0.0749. The van der Waals surface area contributed by atoms with E-state index in [1.165, 1.54) is 0 Å². The molecule has 3 N–H and O–H groups in total. The summed E-state index contributed by atoms with van der Waals surface area (Å²) < 4.78 is 0. The number of nitrogens with zero attached hydrogens (tertiary/aromatic N) is 2. The largest absolute Gasteiger partial charge is 0.341 e. The third kappa shape index (κ3) is 4.37. The molecule has 0 spiro atoms. The van der Waals surface area contributed by atoms with Gasteiger partial charge in [-0.25, -0.2) is 10.9 Å². The smallest absolute Gasteiger partial charge is 0.241 e. The lowest BCUT2D eigenvalue weighted by Gasteiger charge is -2.33. The van der Waals surface area contributed by atoms with E-state index >= 15 is 0 Å². The van der Waals surface area contributed by atoms with Crippen molar-refractivity contribution in [1.82, 2.24) is 20.7 Å². The van der Waals surface area contributed by atoms with Crippen molar-refractivity contribution in [3.8, 4) is 0 Å². The molecule has 2 saturated heterocycles. The number of benzene rings is 1. The van der Waals surface area contributed by atoms with Crippen LogP contribution in [0.15, 0.2) is 42.6 Å². The van der Waals surface area contributed by atoms with Crippen LogP contribution in [0.25, 0.3) is 0 Å². The molecule has 0 aliphatic carbocycles. The Morgan fingerprint density at radius 1 is 1.07 bits per heavy atom. The molecule has 3 heterocycles. The summed E-state index contributed by atoms with van der Waals surface area (Å²) in [6, 6.07) is 11.5. The molecule has 2 aliphatic heterocycles. The van der Waals surface area contributed by atoms with Gasteiger partial charge in [0.1, 0.15) is 6.04 Å². The highest BCUT2D eigenvalue weighted by molar-refractivity contribution is 5.93. The second kappa shape index (κ2) is 8.93. The van der Waals surface area contributed by atoms with Crippen molar-refractivity contribution < 1.29 is 9.59 Å². The number of carbonyl (C=O) groups excluding carboxylic acids is 2. The van der Waals surface area contributed by atoms with Gasteiger partial charge in [-0.2, -0.15) is 0 Å². The van der Waals surface area contributed by atoms with Gasteiger partial charge < -0.3 is 10.2 Å². The first-order valence-electron chi connectivity index (χ1n) is 10.6. The van der Waals surface area contributed by atoms with E-state index in [0.29, 0.717) is 32.4 Å². The predicted molar refractivity (Wildman–Crippen MR) is 116 cm³/mol. The minimum absolute atomic E-state index is 0.0287. The fourth-order valence-electron chi connectivity index (χ4n) is 4.20. The molecule has 2 fully saturated rings. The maximum atomic E-state index is 12.9. The lowest BCUT2D eigenvalue weighted by atomic mass is 9.94. The average molecular weight is 408 g/mol. The Labute approximate surface area is 177 Å². The molecule has 4 rings (SSSR count). The van der Waals surface area contributed by atoms with Crippen LogP contribution < -0.4 is 16.2 Å². The van der Waals surface area contributed by atoms with Gasteiger partial charge >= 0.3 is 0 Å². The Balaban J connectivity index is 1.28. The third-order valence-corrected chi connectivity index (χ3v) is 6.29. The van der Waals surface area contributed by atoms with Crippen molar-refractivity contribution in [2.24, 2.45) is 5.92 Å². The normalized spacial score (nSPS) is 22.1. The van der Waals surface area contributed by atoms with Crippen LogP contribution in [0.4, 0.5) is 5.69 Å². The highest BCUT2D eigenvalue weighted by atomic mass is 16.2. The first-order valence-corrected chi connectivity index (χ1v) is 10.6. The lowest BCUT2D eigenvalue weighted by molar-refractivity contribution is -0.136. The quantitative estimate of drug-likeness (QED) is 0.725. The summed E-state index contributed by atoms with van der Waals surface area (Å²) in [5.41, 5.74) is 10.4. The van der Waals surface area contributed by atoms with E-state index < -0.39 is 0 Å². The first-order chi connectivity index (χ1) is 14.5. The van der Waals surface area contributed by atoms with Gasteiger partial charge in [0.2, 0.25) is 11.8 Å². The van der Waals surface area contributed by atoms with Gasteiger partial charge in [-0.3, -0.25) is 14.6 Å². The van der Waals surface area contributed by atoms with Crippen LogP contribution in [-0.2, 0) is 9.59 Å². The first kappa shape index (κ1) is 20.5. The minimum atomic E-state index is -0.266. The standard InChI is InChI=1S/C23H29N5O2/c1-15-6-5-8-18(16(15)2)25-22(29)17-9-12-28(13-10-17)23(30)21-14-20(26-27-21)19-7-3-4-11-24-19/h3-8,11,17,20-21,26-27H,9-10,12-14H2,1-2H3,(H,25,29). The third-order valence-electron chi connectivity index (χ3n) is 6.29. The zero-order chi connectivity index (χ0) is 21.1. The fraction of sp³-hybridized carbons (Fsp3) is 0.435. The molecule has 0 bridgehead atoms. The van der Waals surface area contributed by atoms with E-state index in [1.54, 1.807) is 6.20 Å². The molecule has 0 saturated carbocycles. The molecule has 30 heavy (non-hydrogen) atoms. The van der Waals surface area contributed by atoms with Crippen LogP contribution >= 0.6 is 0 Å². The summed E-state index contributed by atoms with van der Waals surface area (Å²) in [6.07, 6.45) is 3.81. The number of piperidine rings is 1. The molecule has 0 radical (unpaired) electrons. The molecule has 2 aromatic rings. The van der Waals surface area contributed by atoms with E-state index in [1.807, 2.05) is 55.1 Å². The highest BCUT2D eigenvalue weighted by Gasteiger charge is 2.35. The van der Waals surface area contributed by atoms with Crippen LogP contribution in [0.3, 0.4) is 0 Å². The minimum Gasteiger partial charge on any atom is -0.341 e. The van der Waals surface area contributed by atoms with E-state index in [9.17, 15) is 9.59 Å². The Kier molecular flexibility index (Phi) is 6.11. The van der Waals surface area contributed by atoms with Crippen molar-refractivity contribution in [3.05, 3.63) is 59.4 Å². The van der Waals surface area contributed by atoms with Gasteiger partial charge in [0.05, 0.1) is 11.7 Å². The molecule has 7 heteroatoms. The molecule has 1 aromatic carbocycles. The van der Waals surface area contributed by atoms with E-state index in [4.69, 9.17) is 0 Å². The fourth-order valence-corrected chi connectivity index (χ4v) is 4.20. The SMILES string of the molecule is Cc1cccc(NC(=O)C2CCN(C(=O)C3CC(c4ccccn4)NN3)CC2)c1C. The van der Waals surface area contributed by atoms with Crippen molar-refractivity contribution in [2.75, 3.05) is 18.4 Å². The monoisotopic (exact) mass is 407 g/mol.